The summed E-state index contributed by atoms with van der Waals surface area (Å²) < 4.78 is 3.60. The summed E-state index contributed by atoms with van der Waals surface area (Å²) in [6.07, 6.45) is 3.79. The van der Waals surface area contributed by atoms with E-state index in [1.54, 1.807) is 4.68 Å². The first-order chi connectivity index (χ1) is 9.56. The van der Waals surface area contributed by atoms with E-state index < -0.39 is 0 Å². The highest BCUT2D eigenvalue weighted by molar-refractivity contribution is 5.73. The quantitative estimate of drug-likeness (QED) is 0.776. The Labute approximate surface area is 117 Å². The third-order valence-electron chi connectivity index (χ3n) is 3.37. The van der Waals surface area contributed by atoms with Gasteiger partial charge in [-0.15, -0.1) is 0 Å². The number of hydrogen-bond donors (Lipinski definition) is 1. The van der Waals surface area contributed by atoms with Crippen LogP contribution in [0.4, 0.5) is 5.69 Å². The van der Waals surface area contributed by atoms with Crippen LogP contribution in [-0.4, -0.2) is 19.6 Å². The minimum atomic E-state index is 0.657. The fraction of sp³-hybridized carbons (Fsp3) is 0.200. The Bertz CT molecular complexity index is 766. The molecule has 0 spiro atoms. The molecular weight excluding hydrogens is 250 g/mol. The van der Waals surface area contributed by atoms with Crippen LogP contribution in [0, 0.1) is 13.8 Å². The van der Waals surface area contributed by atoms with Crippen LogP contribution < -0.4 is 5.73 Å². The molecule has 5 nitrogen and oxygen atoms in total. The van der Waals surface area contributed by atoms with E-state index in [4.69, 9.17) is 5.73 Å². The molecule has 3 rings (SSSR count). The van der Waals surface area contributed by atoms with Crippen LogP contribution in [0.25, 0.3) is 16.9 Å². The molecule has 2 N–H and O–H groups in total. The molecule has 1 aromatic carbocycles. The first kappa shape index (κ1) is 12.5. The summed E-state index contributed by atoms with van der Waals surface area (Å²) in [5.41, 5.74) is 11.6. The van der Waals surface area contributed by atoms with Crippen LogP contribution in [-0.2, 0) is 7.05 Å². The Balaban J connectivity index is 2.13. The minimum absolute atomic E-state index is 0.657. The molecule has 0 aliphatic carbocycles. The number of anilines is 1. The van der Waals surface area contributed by atoms with Gasteiger partial charge in [0.15, 0.2) is 0 Å². The summed E-state index contributed by atoms with van der Waals surface area (Å²) in [4.78, 5) is 0. The maximum Gasteiger partial charge on any atom is 0.119 e. The molecule has 20 heavy (non-hydrogen) atoms. The number of aryl methyl sites for hydroxylation is 3. The molecule has 5 heteroatoms. The molecule has 0 unspecified atom stereocenters. The van der Waals surface area contributed by atoms with Gasteiger partial charge in [0.05, 0.1) is 23.3 Å². The Morgan fingerprint density at radius 2 is 1.80 bits per heavy atom. The van der Waals surface area contributed by atoms with E-state index in [9.17, 15) is 0 Å². The first-order valence-corrected chi connectivity index (χ1v) is 6.48. The largest absolute Gasteiger partial charge is 0.396 e. The summed E-state index contributed by atoms with van der Waals surface area (Å²) in [6.45, 7) is 4.02. The summed E-state index contributed by atoms with van der Waals surface area (Å²) >= 11 is 0. The zero-order chi connectivity index (χ0) is 14.3. The number of rotatable bonds is 2. The third kappa shape index (κ3) is 1.97. The van der Waals surface area contributed by atoms with E-state index in [0.717, 1.165) is 28.2 Å². The van der Waals surface area contributed by atoms with Gasteiger partial charge in [0.2, 0.25) is 0 Å². The number of nitrogens with two attached hydrogens (primary N) is 1. The van der Waals surface area contributed by atoms with E-state index in [-0.39, 0.29) is 0 Å². The number of aromatic nitrogens is 4. The lowest BCUT2D eigenvalue weighted by Gasteiger charge is -2.04. The van der Waals surface area contributed by atoms with E-state index in [1.807, 2.05) is 49.2 Å². The van der Waals surface area contributed by atoms with Crippen molar-refractivity contribution in [2.45, 2.75) is 13.8 Å². The second-order valence-electron chi connectivity index (χ2n) is 4.97. The number of para-hydroxylation sites is 1. The van der Waals surface area contributed by atoms with Crippen LogP contribution >= 0.6 is 0 Å². The normalized spacial score (nSPS) is 10.9. The molecule has 0 atom stereocenters. The molecule has 2 heterocycles. The fourth-order valence-corrected chi connectivity index (χ4v) is 2.37. The van der Waals surface area contributed by atoms with E-state index in [1.165, 1.54) is 0 Å². The molecule has 0 amide bonds. The van der Waals surface area contributed by atoms with Crippen molar-refractivity contribution in [3.05, 3.63) is 47.9 Å². The third-order valence-corrected chi connectivity index (χ3v) is 3.37. The van der Waals surface area contributed by atoms with E-state index >= 15 is 0 Å². The highest BCUT2D eigenvalue weighted by atomic mass is 15.3. The minimum Gasteiger partial charge on any atom is -0.396 e. The molecule has 0 aliphatic rings. The highest BCUT2D eigenvalue weighted by Gasteiger charge is 2.14. The molecule has 0 radical (unpaired) electrons. The van der Waals surface area contributed by atoms with Gasteiger partial charge in [-0.3, -0.25) is 4.68 Å². The maximum atomic E-state index is 6.12. The average molecular weight is 267 g/mol. The number of nitrogens with zero attached hydrogens (tertiary/aromatic N) is 4. The van der Waals surface area contributed by atoms with E-state index in [2.05, 4.69) is 23.2 Å². The lowest BCUT2D eigenvalue weighted by molar-refractivity contribution is 0.756. The van der Waals surface area contributed by atoms with Crippen molar-refractivity contribution in [3.8, 4) is 16.9 Å². The van der Waals surface area contributed by atoms with E-state index in [0.29, 0.717) is 5.69 Å². The molecular formula is C15H17N5. The monoisotopic (exact) mass is 267 g/mol. The predicted molar refractivity (Wildman–Crippen MR) is 79.7 cm³/mol. The standard InChI is InChI=1S/C15H17N5/c1-10-6-4-5-7-14(10)20-9-13(16)15(18-20)12-8-19(3)17-11(12)2/h4-9H,16H2,1-3H3. The second kappa shape index (κ2) is 4.52. The van der Waals surface area contributed by atoms with Crippen LogP contribution in [0.2, 0.25) is 0 Å². The number of benzene rings is 1. The van der Waals surface area contributed by atoms with Gasteiger partial charge in [0.25, 0.3) is 0 Å². The van der Waals surface area contributed by atoms with Crippen molar-refractivity contribution in [1.29, 1.82) is 0 Å². The Hall–Kier alpha value is -2.56. The molecule has 3 aromatic rings. The fourth-order valence-electron chi connectivity index (χ4n) is 2.37. The molecule has 102 valence electrons. The van der Waals surface area contributed by atoms with Crippen LogP contribution in [0.5, 0.6) is 0 Å². The second-order valence-corrected chi connectivity index (χ2v) is 4.97. The van der Waals surface area contributed by atoms with Gasteiger partial charge in [-0.25, -0.2) is 4.68 Å². The summed E-state index contributed by atoms with van der Waals surface area (Å²) in [5.74, 6) is 0. The number of hydrogen-bond acceptors (Lipinski definition) is 3. The zero-order valence-corrected chi connectivity index (χ0v) is 11.8. The van der Waals surface area contributed by atoms with Gasteiger partial charge in [-0.05, 0) is 25.5 Å². The summed E-state index contributed by atoms with van der Waals surface area (Å²) in [5, 5.41) is 8.96. The van der Waals surface area contributed by atoms with Crippen LogP contribution in [0.1, 0.15) is 11.3 Å². The molecule has 0 aliphatic heterocycles. The maximum absolute atomic E-state index is 6.12. The Morgan fingerprint density at radius 1 is 1.05 bits per heavy atom. The number of nitrogen functional groups attached to an aromatic ring is 1. The van der Waals surface area contributed by atoms with Crippen molar-refractivity contribution >= 4 is 5.69 Å². The van der Waals surface area contributed by atoms with Crippen LogP contribution in [0.3, 0.4) is 0 Å². The van der Waals surface area contributed by atoms with Crippen molar-refractivity contribution < 1.29 is 0 Å². The topological polar surface area (TPSA) is 61.7 Å². The summed E-state index contributed by atoms with van der Waals surface area (Å²) in [7, 11) is 1.89. The van der Waals surface area contributed by atoms with Gasteiger partial charge in [-0.1, -0.05) is 18.2 Å². The molecule has 0 bridgehead atoms. The van der Waals surface area contributed by atoms with Gasteiger partial charge in [0, 0.05) is 18.8 Å². The smallest absolute Gasteiger partial charge is 0.119 e. The average Bonchev–Trinajstić information content (AvgIpc) is 2.92. The zero-order valence-electron chi connectivity index (χ0n) is 11.8. The molecule has 0 saturated carbocycles. The predicted octanol–water partition coefficient (Wildman–Crippen LogP) is 2.47. The first-order valence-electron chi connectivity index (χ1n) is 6.48. The SMILES string of the molecule is Cc1ccccc1-n1cc(N)c(-c2cn(C)nc2C)n1. The molecule has 2 aromatic heterocycles. The van der Waals surface area contributed by atoms with Gasteiger partial charge in [-0.2, -0.15) is 10.2 Å². The van der Waals surface area contributed by atoms with Crippen LogP contribution in [0.15, 0.2) is 36.7 Å². The van der Waals surface area contributed by atoms with Crippen molar-refractivity contribution in [1.82, 2.24) is 19.6 Å². The lowest BCUT2D eigenvalue weighted by atomic mass is 10.2. The van der Waals surface area contributed by atoms with Gasteiger partial charge < -0.3 is 5.73 Å². The lowest BCUT2D eigenvalue weighted by Crippen LogP contribution is -1.97. The molecule has 0 saturated heterocycles. The van der Waals surface area contributed by atoms with Crippen molar-refractivity contribution in [2.24, 2.45) is 7.05 Å². The van der Waals surface area contributed by atoms with Crippen molar-refractivity contribution in [2.75, 3.05) is 5.73 Å². The van der Waals surface area contributed by atoms with Crippen molar-refractivity contribution in [3.63, 3.8) is 0 Å². The molecule has 0 fully saturated rings. The Morgan fingerprint density at radius 3 is 2.45 bits per heavy atom. The van der Waals surface area contributed by atoms with Gasteiger partial charge >= 0.3 is 0 Å². The highest BCUT2D eigenvalue weighted by Crippen LogP contribution is 2.28. The Kier molecular flexibility index (Phi) is 2.82. The summed E-state index contributed by atoms with van der Waals surface area (Å²) in [6, 6.07) is 8.09. The van der Waals surface area contributed by atoms with Gasteiger partial charge in [0.1, 0.15) is 5.69 Å².